The number of aliphatic imine (C=N–C) groups is 1. The molecule has 0 radical (unpaired) electrons. The molecule has 5 heteroatoms. The topological polar surface area (TPSA) is 56.7 Å². The minimum absolute atomic E-state index is 0.0243. The average Bonchev–Trinajstić information content (AvgIpc) is 3.01. The van der Waals surface area contributed by atoms with Gasteiger partial charge in [0.25, 0.3) is 0 Å². The van der Waals surface area contributed by atoms with Crippen LogP contribution in [0, 0.1) is 5.92 Å². The maximum Gasteiger partial charge on any atom is 0.243 e. The van der Waals surface area contributed by atoms with Crippen LogP contribution in [0.2, 0.25) is 0 Å². The Kier molecular flexibility index (Phi) is 8.94. The Bertz CT molecular complexity index is 349. The van der Waals surface area contributed by atoms with Crippen LogP contribution in [0.3, 0.4) is 0 Å². The van der Waals surface area contributed by atoms with Gasteiger partial charge >= 0.3 is 0 Å². The molecule has 1 aliphatic rings. The Labute approximate surface area is 135 Å². The van der Waals surface area contributed by atoms with Crippen molar-refractivity contribution in [3.63, 3.8) is 0 Å². The standard InChI is InChI=1S/C17H34N4O/c1-5-14(2)20-17(19-13-16(22)21(3)4)18-12-8-11-15-9-6-7-10-15/h14-15H,5-13H2,1-4H3,(H2,18,19,20). The molecule has 0 aromatic carbocycles. The van der Waals surface area contributed by atoms with Crippen molar-refractivity contribution in [2.24, 2.45) is 10.9 Å². The van der Waals surface area contributed by atoms with Gasteiger partial charge in [0.05, 0.1) is 0 Å². The van der Waals surface area contributed by atoms with E-state index in [-0.39, 0.29) is 12.5 Å². The Hall–Kier alpha value is -1.26. The first-order valence-corrected chi connectivity index (χ1v) is 8.78. The highest BCUT2D eigenvalue weighted by Gasteiger charge is 2.14. The Morgan fingerprint density at radius 2 is 2.00 bits per heavy atom. The molecule has 0 spiro atoms. The number of amides is 1. The first kappa shape index (κ1) is 18.8. The molecule has 1 fully saturated rings. The molecule has 1 aliphatic carbocycles. The van der Waals surface area contributed by atoms with Gasteiger partial charge in [-0.2, -0.15) is 0 Å². The smallest absolute Gasteiger partial charge is 0.243 e. The van der Waals surface area contributed by atoms with Crippen molar-refractivity contribution in [1.82, 2.24) is 15.5 Å². The molecule has 5 nitrogen and oxygen atoms in total. The first-order chi connectivity index (χ1) is 10.5. The monoisotopic (exact) mass is 310 g/mol. The van der Waals surface area contributed by atoms with Crippen molar-refractivity contribution < 1.29 is 4.79 Å². The Balaban J connectivity index is 2.36. The van der Waals surface area contributed by atoms with Gasteiger partial charge in [-0.15, -0.1) is 0 Å². The molecule has 0 heterocycles. The minimum Gasteiger partial charge on any atom is -0.356 e. The van der Waals surface area contributed by atoms with Crippen LogP contribution >= 0.6 is 0 Å². The molecule has 22 heavy (non-hydrogen) atoms. The largest absolute Gasteiger partial charge is 0.356 e. The summed E-state index contributed by atoms with van der Waals surface area (Å²) < 4.78 is 0. The predicted octanol–water partition coefficient (Wildman–Crippen LogP) is 2.38. The summed E-state index contributed by atoms with van der Waals surface area (Å²) >= 11 is 0. The molecule has 0 saturated heterocycles. The van der Waals surface area contributed by atoms with Crippen LogP contribution in [0.4, 0.5) is 0 Å². The van der Waals surface area contributed by atoms with Gasteiger partial charge in [-0.1, -0.05) is 32.6 Å². The summed E-state index contributed by atoms with van der Waals surface area (Å²) in [6, 6.07) is 0.357. The normalized spacial score (nSPS) is 17.4. The number of hydrogen-bond donors (Lipinski definition) is 2. The number of rotatable bonds is 8. The molecule has 1 atom stereocenters. The highest BCUT2D eigenvalue weighted by molar-refractivity contribution is 5.84. The maximum absolute atomic E-state index is 11.7. The molecular formula is C17H34N4O. The summed E-state index contributed by atoms with van der Waals surface area (Å²) in [5.74, 6) is 1.72. The van der Waals surface area contributed by atoms with Gasteiger partial charge in [-0.3, -0.25) is 4.79 Å². The van der Waals surface area contributed by atoms with Crippen LogP contribution in [0.5, 0.6) is 0 Å². The molecule has 0 aromatic heterocycles. The van der Waals surface area contributed by atoms with Crippen LogP contribution in [0.1, 0.15) is 58.8 Å². The zero-order valence-corrected chi connectivity index (χ0v) is 14.8. The third-order valence-electron chi connectivity index (χ3n) is 4.42. The first-order valence-electron chi connectivity index (χ1n) is 8.78. The van der Waals surface area contributed by atoms with Crippen molar-refractivity contribution >= 4 is 11.9 Å². The van der Waals surface area contributed by atoms with Crippen molar-refractivity contribution in [3.05, 3.63) is 0 Å². The zero-order chi connectivity index (χ0) is 16.4. The fourth-order valence-corrected chi connectivity index (χ4v) is 2.67. The summed E-state index contributed by atoms with van der Waals surface area (Å²) in [7, 11) is 3.52. The van der Waals surface area contributed by atoms with E-state index in [0.29, 0.717) is 6.04 Å². The number of carbonyl (C=O) groups excluding carboxylic acids is 1. The van der Waals surface area contributed by atoms with Crippen molar-refractivity contribution in [3.8, 4) is 0 Å². The molecular weight excluding hydrogens is 276 g/mol. The van der Waals surface area contributed by atoms with E-state index in [1.807, 2.05) is 0 Å². The lowest BCUT2D eigenvalue weighted by molar-refractivity contribution is -0.127. The van der Waals surface area contributed by atoms with Gasteiger partial charge < -0.3 is 15.5 Å². The second-order valence-electron chi connectivity index (χ2n) is 6.63. The van der Waals surface area contributed by atoms with Crippen molar-refractivity contribution in [2.45, 2.75) is 64.8 Å². The third kappa shape index (κ3) is 7.66. The lowest BCUT2D eigenvalue weighted by Crippen LogP contribution is -2.43. The van der Waals surface area contributed by atoms with Gasteiger partial charge in [-0.25, -0.2) is 4.99 Å². The van der Waals surface area contributed by atoms with Crippen LogP contribution in [-0.2, 0) is 4.79 Å². The van der Waals surface area contributed by atoms with E-state index in [1.54, 1.807) is 19.0 Å². The van der Waals surface area contributed by atoms with Gasteiger partial charge in [0.15, 0.2) is 5.96 Å². The third-order valence-corrected chi connectivity index (χ3v) is 4.42. The van der Waals surface area contributed by atoms with E-state index in [1.165, 1.54) is 38.5 Å². The molecule has 0 aliphatic heterocycles. The summed E-state index contributed by atoms with van der Waals surface area (Å²) in [6.07, 6.45) is 9.14. The average molecular weight is 310 g/mol. The van der Waals surface area contributed by atoms with E-state index in [2.05, 4.69) is 29.5 Å². The molecule has 1 rings (SSSR count). The minimum atomic E-state index is 0.0243. The second-order valence-corrected chi connectivity index (χ2v) is 6.63. The maximum atomic E-state index is 11.7. The van der Waals surface area contributed by atoms with Crippen LogP contribution < -0.4 is 10.6 Å². The van der Waals surface area contributed by atoms with E-state index < -0.39 is 0 Å². The van der Waals surface area contributed by atoms with Gasteiger partial charge in [0.1, 0.15) is 6.54 Å². The summed E-state index contributed by atoms with van der Waals surface area (Å²) in [6.45, 7) is 5.39. The lowest BCUT2D eigenvalue weighted by atomic mass is 10.0. The number of nitrogens with zero attached hydrogens (tertiary/aromatic N) is 2. The lowest BCUT2D eigenvalue weighted by Gasteiger charge is -2.18. The fraction of sp³-hybridized carbons (Fsp3) is 0.882. The number of likely N-dealkylation sites (N-methyl/N-ethyl adjacent to an activating group) is 1. The quantitative estimate of drug-likeness (QED) is 0.411. The van der Waals surface area contributed by atoms with Crippen LogP contribution in [0.15, 0.2) is 4.99 Å². The molecule has 0 aromatic rings. The number of guanidine groups is 1. The van der Waals surface area contributed by atoms with E-state index in [0.717, 1.165) is 24.8 Å². The predicted molar refractivity (Wildman–Crippen MR) is 93.1 cm³/mol. The number of carbonyl (C=O) groups is 1. The molecule has 1 amide bonds. The van der Waals surface area contributed by atoms with E-state index >= 15 is 0 Å². The Morgan fingerprint density at radius 1 is 1.32 bits per heavy atom. The molecule has 128 valence electrons. The summed E-state index contributed by atoms with van der Waals surface area (Å²) in [4.78, 5) is 17.6. The van der Waals surface area contributed by atoms with E-state index in [4.69, 9.17) is 0 Å². The molecule has 0 bridgehead atoms. The fourth-order valence-electron chi connectivity index (χ4n) is 2.67. The van der Waals surface area contributed by atoms with Crippen molar-refractivity contribution in [2.75, 3.05) is 27.2 Å². The van der Waals surface area contributed by atoms with Crippen molar-refractivity contribution in [1.29, 1.82) is 0 Å². The van der Waals surface area contributed by atoms with E-state index in [9.17, 15) is 4.79 Å². The SMILES string of the molecule is CCC(C)NC(=NCC(=O)N(C)C)NCCCC1CCCC1. The van der Waals surface area contributed by atoms with Gasteiger partial charge in [0.2, 0.25) is 5.91 Å². The summed E-state index contributed by atoms with van der Waals surface area (Å²) in [5.41, 5.74) is 0. The highest BCUT2D eigenvalue weighted by Crippen LogP contribution is 2.28. The number of hydrogen-bond acceptors (Lipinski definition) is 2. The summed E-state index contributed by atoms with van der Waals surface area (Å²) in [5, 5.41) is 6.73. The van der Waals surface area contributed by atoms with Gasteiger partial charge in [0, 0.05) is 26.7 Å². The zero-order valence-electron chi connectivity index (χ0n) is 14.8. The van der Waals surface area contributed by atoms with Crippen LogP contribution in [0.25, 0.3) is 0 Å². The second kappa shape index (κ2) is 10.5. The molecule has 2 N–H and O–H groups in total. The van der Waals surface area contributed by atoms with Crippen LogP contribution in [-0.4, -0.2) is 50.0 Å². The van der Waals surface area contributed by atoms with Gasteiger partial charge in [-0.05, 0) is 32.1 Å². The Morgan fingerprint density at radius 3 is 2.59 bits per heavy atom. The highest BCUT2D eigenvalue weighted by atomic mass is 16.2. The number of nitrogens with one attached hydrogen (secondary N) is 2. The molecule has 1 unspecified atom stereocenters. The molecule has 1 saturated carbocycles.